The number of carbonyl (C=O) groups excluding carboxylic acids is 2. The highest BCUT2D eigenvalue weighted by atomic mass is 16.5. The van der Waals surface area contributed by atoms with Gasteiger partial charge in [-0.15, -0.1) is 0 Å². The van der Waals surface area contributed by atoms with Gasteiger partial charge in [0.15, 0.2) is 5.78 Å². The molecule has 0 spiro atoms. The van der Waals surface area contributed by atoms with Gasteiger partial charge in [-0.3, -0.25) is 14.4 Å². The van der Waals surface area contributed by atoms with Crippen LogP contribution in [0.5, 0.6) is 5.75 Å². The van der Waals surface area contributed by atoms with Crippen molar-refractivity contribution in [2.24, 2.45) is 5.41 Å². The molecule has 0 aliphatic rings. The average molecular weight is 488 g/mol. The zero-order chi connectivity index (χ0) is 26.1. The standard InChI is InChI=1S/C30H49NO4/c1-6-7-8-9-10-11-12-13-14-15-16-17-18-19-20-21-23-31-24-22-26(33)28(27(31)25(2)32)35-29(34)30(3,4)5/h21-24H,6-20H2,1-5H3. The van der Waals surface area contributed by atoms with Crippen molar-refractivity contribution >= 4 is 18.0 Å². The maximum Gasteiger partial charge on any atom is 0.316 e. The van der Waals surface area contributed by atoms with Gasteiger partial charge >= 0.3 is 5.97 Å². The van der Waals surface area contributed by atoms with E-state index in [-0.39, 0.29) is 17.2 Å². The Morgan fingerprint density at radius 2 is 1.34 bits per heavy atom. The summed E-state index contributed by atoms with van der Waals surface area (Å²) in [6, 6.07) is 1.33. The summed E-state index contributed by atoms with van der Waals surface area (Å²) in [5.74, 6) is -1.05. The number of hydrogen-bond acceptors (Lipinski definition) is 4. The van der Waals surface area contributed by atoms with Gasteiger partial charge in [0.2, 0.25) is 11.2 Å². The molecule has 1 aromatic rings. The molecule has 198 valence electrons. The topological polar surface area (TPSA) is 65.4 Å². The molecule has 0 aliphatic carbocycles. The molecule has 1 rings (SSSR count). The molecule has 0 unspecified atom stereocenters. The fourth-order valence-corrected chi connectivity index (χ4v) is 3.99. The molecular formula is C30H49NO4. The fraction of sp³-hybridized carbons (Fsp3) is 0.700. The number of ether oxygens (including phenoxy) is 1. The van der Waals surface area contributed by atoms with E-state index in [0.29, 0.717) is 0 Å². The van der Waals surface area contributed by atoms with E-state index in [2.05, 4.69) is 6.92 Å². The number of ketones is 1. The van der Waals surface area contributed by atoms with Crippen molar-refractivity contribution in [3.05, 3.63) is 34.3 Å². The number of esters is 1. The number of carbonyl (C=O) groups is 2. The Balaban J connectivity index is 2.35. The van der Waals surface area contributed by atoms with Crippen molar-refractivity contribution in [3.8, 4) is 5.75 Å². The molecule has 1 heterocycles. The maximum absolute atomic E-state index is 12.3. The lowest BCUT2D eigenvalue weighted by Crippen LogP contribution is -2.29. The fourth-order valence-electron chi connectivity index (χ4n) is 3.99. The van der Waals surface area contributed by atoms with Crippen LogP contribution < -0.4 is 10.2 Å². The Kier molecular flexibility index (Phi) is 15.2. The Bertz CT molecular complexity index is 845. The Hall–Kier alpha value is -2.17. The third-order valence-corrected chi connectivity index (χ3v) is 6.21. The molecule has 0 aromatic carbocycles. The van der Waals surface area contributed by atoms with E-state index in [4.69, 9.17) is 4.74 Å². The average Bonchev–Trinajstić information content (AvgIpc) is 2.79. The molecule has 0 N–H and O–H groups in total. The first-order valence-corrected chi connectivity index (χ1v) is 13.8. The molecule has 5 heteroatoms. The normalized spacial score (nSPS) is 11.8. The van der Waals surface area contributed by atoms with Gasteiger partial charge in [0.25, 0.3) is 0 Å². The van der Waals surface area contributed by atoms with Crippen molar-refractivity contribution in [3.63, 3.8) is 0 Å². The Labute approximate surface area is 213 Å². The first-order valence-electron chi connectivity index (χ1n) is 13.8. The third-order valence-electron chi connectivity index (χ3n) is 6.21. The van der Waals surface area contributed by atoms with Crippen LogP contribution in [0.2, 0.25) is 0 Å². The monoisotopic (exact) mass is 487 g/mol. The molecular weight excluding hydrogens is 438 g/mol. The number of unbranched alkanes of at least 4 members (excludes halogenated alkanes) is 14. The molecule has 0 aliphatic heterocycles. The SMILES string of the molecule is CCCCCCCCCCCCCCCCC=Cn1ccc(=O)c(OC(=O)C(C)(C)C)c1C(C)=O. The Morgan fingerprint density at radius 3 is 1.80 bits per heavy atom. The second-order valence-corrected chi connectivity index (χ2v) is 10.7. The molecule has 0 atom stereocenters. The van der Waals surface area contributed by atoms with Gasteiger partial charge in [-0.05, 0) is 33.6 Å². The third kappa shape index (κ3) is 12.9. The number of allylic oxidation sites excluding steroid dienone is 1. The van der Waals surface area contributed by atoms with Crippen LogP contribution in [-0.4, -0.2) is 16.3 Å². The summed E-state index contributed by atoms with van der Waals surface area (Å²) in [5.41, 5.74) is -1.14. The minimum Gasteiger partial charge on any atom is -0.420 e. The van der Waals surface area contributed by atoms with E-state index < -0.39 is 16.8 Å². The van der Waals surface area contributed by atoms with Crippen molar-refractivity contribution in [1.29, 1.82) is 0 Å². The number of hydrogen-bond donors (Lipinski definition) is 0. The maximum atomic E-state index is 12.3. The van der Waals surface area contributed by atoms with Crippen LogP contribution in [0.25, 0.3) is 6.20 Å². The molecule has 35 heavy (non-hydrogen) atoms. The largest absolute Gasteiger partial charge is 0.420 e. The summed E-state index contributed by atoms with van der Waals surface area (Å²) in [7, 11) is 0. The lowest BCUT2D eigenvalue weighted by Gasteiger charge is -2.18. The summed E-state index contributed by atoms with van der Waals surface area (Å²) >= 11 is 0. The van der Waals surface area contributed by atoms with Gasteiger partial charge in [-0.25, -0.2) is 0 Å². The van der Waals surface area contributed by atoms with Crippen molar-refractivity contribution < 1.29 is 14.3 Å². The Morgan fingerprint density at radius 1 is 0.857 bits per heavy atom. The van der Waals surface area contributed by atoms with Crippen molar-refractivity contribution in [2.75, 3.05) is 0 Å². The van der Waals surface area contributed by atoms with E-state index in [1.165, 1.54) is 96.5 Å². The van der Waals surface area contributed by atoms with Crippen LogP contribution in [0.15, 0.2) is 23.1 Å². The van der Waals surface area contributed by atoms with Crippen molar-refractivity contribution in [2.45, 2.75) is 131 Å². The van der Waals surface area contributed by atoms with Gasteiger partial charge in [-0.2, -0.15) is 0 Å². The lowest BCUT2D eigenvalue weighted by atomic mass is 9.97. The number of aromatic nitrogens is 1. The number of nitrogens with zero attached hydrogens (tertiary/aromatic N) is 1. The van der Waals surface area contributed by atoms with Crippen LogP contribution in [0.3, 0.4) is 0 Å². The van der Waals surface area contributed by atoms with Crippen LogP contribution >= 0.6 is 0 Å². The zero-order valence-corrected chi connectivity index (χ0v) is 23.0. The molecule has 0 amide bonds. The predicted octanol–water partition coefficient (Wildman–Crippen LogP) is 8.34. The zero-order valence-electron chi connectivity index (χ0n) is 23.0. The summed E-state index contributed by atoms with van der Waals surface area (Å²) in [6.07, 6.45) is 24.9. The molecule has 0 bridgehead atoms. The predicted molar refractivity (Wildman–Crippen MR) is 146 cm³/mol. The van der Waals surface area contributed by atoms with E-state index in [0.717, 1.165) is 12.8 Å². The number of rotatable bonds is 18. The van der Waals surface area contributed by atoms with E-state index in [1.54, 1.807) is 37.7 Å². The van der Waals surface area contributed by atoms with Gasteiger partial charge in [0, 0.05) is 25.4 Å². The van der Waals surface area contributed by atoms with Crippen LogP contribution in [0.4, 0.5) is 0 Å². The second-order valence-electron chi connectivity index (χ2n) is 10.7. The first kappa shape index (κ1) is 30.9. The summed E-state index contributed by atoms with van der Waals surface area (Å²) in [6.45, 7) is 8.77. The van der Waals surface area contributed by atoms with E-state index in [1.807, 2.05) is 6.08 Å². The number of Topliss-reactive ketones (excluding diaryl/α,β-unsaturated/α-hetero) is 1. The molecule has 0 saturated heterocycles. The minimum absolute atomic E-state index is 0.104. The quantitative estimate of drug-likeness (QED) is 0.119. The molecule has 5 nitrogen and oxygen atoms in total. The summed E-state index contributed by atoms with van der Waals surface area (Å²) < 4.78 is 6.93. The van der Waals surface area contributed by atoms with Crippen LogP contribution in [0, 0.1) is 5.41 Å². The first-order chi connectivity index (χ1) is 16.7. The molecule has 0 radical (unpaired) electrons. The smallest absolute Gasteiger partial charge is 0.316 e. The number of pyridine rings is 1. The molecule has 0 fully saturated rings. The van der Waals surface area contributed by atoms with Gasteiger partial charge in [-0.1, -0.05) is 96.5 Å². The highest BCUT2D eigenvalue weighted by Gasteiger charge is 2.27. The molecule has 0 saturated carbocycles. The summed E-state index contributed by atoms with van der Waals surface area (Å²) in [4.78, 5) is 36.9. The van der Waals surface area contributed by atoms with E-state index in [9.17, 15) is 14.4 Å². The van der Waals surface area contributed by atoms with Gasteiger partial charge in [0.1, 0.15) is 5.69 Å². The minimum atomic E-state index is -0.773. The lowest BCUT2D eigenvalue weighted by molar-refractivity contribution is -0.143. The van der Waals surface area contributed by atoms with Gasteiger partial charge in [0.05, 0.1) is 5.41 Å². The van der Waals surface area contributed by atoms with E-state index >= 15 is 0 Å². The molecule has 1 aromatic heterocycles. The highest BCUT2D eigenvalue weighted by molar-refractivity contribution is 5.96. The summed E-state index contributed by atoms with van der Waals surface area (Å²) in [5, 5.41) is 0. The highest BCUT2D eigenvalue weighted by Crippen LogP contribution is 2.21. The van der Waals surface area contributed by atoms with Crippen LogP contribution in [0.1, 0.15) is 141 Å². The second kappa shape index (κ2) is 17.3. The van der Waals surface area contributed by atoms with Crippen molar-refractivity contribution in [1.82, 2.24) is 4.57 Å². The van der Waals surface area contributed by atoms with Gasteiger partial charge < -0.3 is 9.30 Å². The van der Waals surface area contributed by atoms with Crippen LogP contribution in [-0.2, 0) is 4.79 Å².